The highest BCUT2D eigenvalue weighted by molar-refractivity contribution is 6.06. The molecular weight excluding hydrogens is 741 g/mol. The van der Waals surface area contributed by atoms with Crippen LogP contribution >= 0.6 is 0 Å². The molecule has 3 amide bonds. The zero-order valence-corrected chi connectivity index (χ0v) is 33.8. The number of rotatable bonds is 27. The van der Waals surface area contributed by atoms with E-state index in [0.29, 0.717) is 55.7 Å². The molecule has 0 heterocycles. The first-order chi connectivity index (χ1) is 28.2. The highest BCUT2D eigenvalue weighted by Gasteiger charge is 2.27. The molecule has 0 saturated carbocycles. The normalized spacial score (nSPS) is 11.4. The van der Waals surface area contributed by atoms with E-state index in [2.05, 4.69) is 22.9 Å². The van der Waals surface area contributed by atoms with Crippen molar-refractivity contribution >= 4 is 39.9 Å². The van der Waals surface area contributed by atoms with Crippen molar-refractivity contribution in [1.29, 1.82) is 0 Å². The lowest BCUT2D eigenvalue weighted by Gasteiger charge is -2.21. The van der Waals surface area contributed by atoms with Crippen molar-refractivity contribution in [2.75, 3.05) is 31.6 Å². The number of amides is 3. The molecule has 4 aromatic carbocycles. The third kappa shape index (κ3) is 14.9. The van der Waals surface area contributed by atoms with Gasteiger partial charge in [-0.1, -0.05) is 95.0 Å². The standard InChI is InChI=1S/C45H58N4O9/c1-3-5-6-7-8-9-10-11-12-16-28-56-35-19-18-20-36(30-35)57-29-17-15-27-47-44(52)39-31-40(37-21-13-14-22-38(37)43(39)51)58-41(32-42(50)46-4-2)45(53)48-33-23-25-34(26-24-33)49(54)55/h13-14,18-26,30-31,41,51H,3-12,15-17,27-29,32H2,1-2H3,(H,46,50)(H,47,52)(H,48,53). The molecule has 0 aliphatic carbocycles. The Bertz CT molecular complexity index is 1920. The van der Waals surface area contributed by atoms with Gasteiger partial charge >= 0.3 is 0 Å². The molecule has 0 bridgehead atoms. The lowest BCUT2D eigenvalue weighted by molar-refractivity contribution is -0.384. The van der Waals surface area contributed by atoms with Crippen LogP contribution < -0.4 is 30.2 Å². The molecule has 4 N–H and O–H groups in total. The Morgan fingerprint density at radius 2 is 1.33 bits per heavy atom. The van der Waals surface area contributed by atoms with Gasteiger partial charge in [0.25, 0.3) is 17.5 Å². The second-order valence-electron chi connectivity index (χ2n) is 14.2. The molecule has 4 aromatic rings. The maximum atomic E-state index is 13.5. The molecule has 0 fully saturated rings. The van der Waals surface area contributed by atoms with Gasteiger partial charge in [-0.3, -0.25) is 24.5 Å². The fraction of sp³-hybridized carbons (Fsp3) is 0.444. The van der Waals surface area contributed by atoms with Crippen molar-refractivity contribution in [3.05, 3.63) is 94.5 Å². The molecule has 4 rings (SSSR count). The van der Waals surface area contributed by atoms with Gasteiger partial charge in [-0.2, -0.15) is 0 Å². The summed E-state index contributed by atoms with van der Waals surface area (Å²) in [5.74, 6) is -0.336. The van der Waals surface area contributed by atoms with E-state index >= 15 is 0 Å². The van der Waals surface area contributed by atoms with Crippen LogP contribution in [0.2, 0.25) is 0 Å². The molecule has 0 spiro atoms. The number of nitrogens with zero attached hydrogens (tertiary/aromatic N) is 1. The number of unbranched alkanes of at least 4 members (excludes halogenated alkanes) is 10. The number of nitro benzene ring substituents is 1. The van der Waals surface area contributed by atoms with Crippen molar-refractivity contribution in [2.24, 2.45) is 0 Å². The lowest BCUT2D eigenvalue weighted by atomic mass is 10.0. The number of carbonyl (C=O) groups is 3. The summed E-state index contributed by atoms with van der Waals surface area (Å²) < 4.78 is 18.1. The number of ether oxygens (including phenoxy) is 3. The Hall–Kier alpha value is -5.85. The van der Waals surface area contributed by atoms with Crippen LogP contribution in [0.1, 0.15) is 108 Å². The number of aromatic hydroxyl groups is 1. The lowest BCUT2D eigenvalue weighted by Crippen LogP contribution is -2.38. The van der Waals surface area contributed by atoms with Gasteiger partial charge in [0.15, 0.2) is 6.10 Å². The van der Waals surface area contributed by atoms with E-state index in [9.17, 15) is 29.6 Å². The molecule has 1 atom stereocenters. The summed E-state index contributed by atoms with van der Waals surface area (Å²) >= 11 is 0. The Labute approximate surface area is 341 Å². The van der Waals surface area contributed by atoms with Gasteiger partial charge in [0.2, 0.25) is 5.91 Å². The predicted octanol–water partition coefficient (Wildman–Crippen LogP) is 9.25. The highest BCUT2D eigenvalue weighted by atomic mass is 16.6. The minimum absolute atomic E-state index is 0.0629. The molecule has 0 aliphatic rings. The van der Waals surface area contributed by atoms with Crippen molar-refractivity contribution in [3.63, 3.8) is 0 Å². The summed E-state index contributed by atoms with van der Waals surface area (Å²) in [5.41, 5.74) is 0.0506. The van der Waals surface area contributed by atoms with Crippen LogP contribution in [-0.2, 0) is 9.59 Å². The average Bonchev–Trinajstić information content (AvgIpc) is 3.22. The minimum Gasteiger partial charge on any atom is -0.506 e. The first-order valence-electron chi connectivity index (χ1n) is 20.6. The summed E-state index contributed by atoms with van der Waals surface area (Å²) in [6, 6.07) is 20.9. The van der Waals surface area contributed by atoms with Crippen molar-refractivity contribution in [3.8, 4) is 23.0 Å². The zero-order valence-electron chi connectivity index (χ0n) is 33.8. The zero-order chi connectivity index (χ0) is 41.5. The number of benzene rings is 4. The maximum Gasteiger partial charge on any atom is 0.269 e. The summed E-state index contributed by atoms with van der Waals surface area (Å²) in [6.45, 7) is 5.74. The van der Waals surface area contributed by atoms with E-state index in [1.165, 1.54) is 88.1 Å². The maximum absolute atomic E-state index is 13.5. The summed E-state index contributed by atoms with van der Waals surface area (Å²) in [6.07, 6.45) is 12.3. The monoisotopic (exact) mass is 798 g/mol. The Morgan fingerprint density at radius 3 is 1.95 bits per heavy atom. The van der Waals surface area contributed by atoms with Gasteiger partial charge in [0, 0.05) is 47.7 Å². The molecule has 312 valence electrons. The number of hydrogen-bond donors (Lipinski definition) is 4. The van der Waals surface area contributed by atoms with Crippen molar-refractivity contribution < 1.29 is 38.6 Å². The summed E-state index contributed by atoms with van der Waals surface area (Å²) in [7, 11) is 0. The van der Waals surface area contributed by atoms with E-state index in [1.807, 2.05) is 24.3 Å². The summed E-state index contributed by atoms with van der Waals surface area (Å²) in [4.78, 5) is 50.0. The van der Waals surface area contributed by atoms with Crippen LogP contribution in [0.3, 0.4) is 0 Å². The number of nitrogens with one attached hydrogen (secondary N) is 3. The number of anilines is 1. The van der Waals surface area contributed by atoms with Gasteiger partial charge in [-0.25, -0.2) is 0 Å². The van der Waals surface area contributed by atoms with Crippen LogP contribution in [0.25, 0.3) is 10.8 Å². The van der Waals surface area contributed by atoms with Crippen molar-refractivity contribution in [2.45, 2.75) is 103 Å². The largest absolute Gasteiger partial charge is 0.506 e. The highest BCUT2D eigenvalue weighted by Crippen LogP contribution is 2.37. The molecule has 0 aliphatic heterocycles. The number of nitro groups is 1. The van der Waals surface area contributed by atoms with Gasteiger partial charge < -0.3 is 35.3 Å². The van der Waals surface area contributed by atoms with E-state index < -0.39 is 28.7 Å². The minimum atomic E-state index is -1.36. The predicted molar refractivity (Wildman–Crippen MR) is 226 cm³/mol. The fourth-order valence-corrected chi connectivity index (χ4v) is 6.41. The van der Waals surface area contributed by atoms with E-state index in [4.69, 9.17) is 14.2 Å². The number of fused-ring (bicyclic) bond motifs is 1. The SMILES string of the molecule is CCCCCCCCCCCCOc1cccc(OCCCCNC(=O)c2cc(OC(CC(=O)NCC)C(=O)Nc3ccc([N+](=O)[O-])cc3)c3ccccc3c2O)c1. The molecule has 0 saturated heterocycles. The third-order valence-electron chi connectivity index (χ3n) is 9.57. The Kier molecular flexibility index (Phi) is 19.1. The van der Waals surface area contributed by atoms with Crippen LogP contribution in [0.15, 0.2) is 78.9 Å². The Balaban J connectivity index is 1.28. The quantitative estimate of drug-likeness (QED) is 0.0260. The fourth-order valence-electron chi connectivity index (χ4n) is 6.41. The van der Waals surface area contributed by atoms with Gasteiger partial charge in [-0.05, 0) is 56.5 Å². The Morgan fingerprint density at radius 1 is 0.724 bits per heavy atom. The first kappa shape index (κ1) is 44.9. The van der Waals surface area contributed by atoms with Gasteiger partial charge in [-0.15, -0.1) is 0 Å². The van der Waals surface area contributed by atoms with E-state index in [0.717, 1.165) is 12.2 Å². The topological polar surface area (TPSA) is 178 Å². The molecule has 13 nitrogen and oxygen atoms in total. The van der Waals surface area contributed by atoms with Gasteiger partial charge in [0.1, 0.15) is 23.0 Å². The van der Waals surface area contributed by atoms with Crippen molar-refractivity contribution in [1.82, 2.24) is 10.6 Å². The van der Waals surface area contributed by atoms with Crippen LogP contribution in [0.5, 0.6) is 23.0 Å². The van der Waals surface area contributed by atoms with Gasteiger partial charge in [0.05, 0.1) is 30.1 Å². The van der Waals surface area contributed by atoms with E-state index in [-0.39, 0.29) is 34.9 Å². The van der Waals surface area contributed by atoms with Crippen LogP contribution in [-0.4, -0.2) is 60.2 Å². The van der Waals surface area contributed by atoms with Crippen LogP contribution in [0, 0.1) is 10.1 Å². The number of carbonyl (C=O) groups excluding carboxylic acids is 3. The second kappa shape index (κ2) is 24.7. The number of phenolic OH excluding ortho intramolecular Hbond substituents is 1. The van der Waals surface area contributed by atoms with E-state index in [1.54, 1.807) is 31.2 Å². The first-order valence-corrected chi connectivity index (χ1v) is 20.6. The molecule has 0 radical (unpaired) electrons. The molecule has 0 aromatic heterocycles. The molecule has 1 unspecified atom stereocenters. The molecule has 58 heavy (non-hydrogen) atoms. The number of hydrogen-bond acceptors (Lipinski definition) is 9. The third-order valence-corrected chi connectivity index (χ3v) is 9.57. The van der Waals surface area contributed by atoms with Crippen LogP contribution in [0.4, 0.5) is 11.4 Å². The number of non-ortho nitro benzene ring substituents is 1. The number of phenols is 1. The summed E-state index contributed by atoms with van der Waals surface area (Å²) in [5, 5.41) is 31.1. The molecule has 13 heteroatoms. The second-order valence-corrected chi connectivity index (χ2v) is 14.2. The average molecular weight is 799 g/mol. The molecular formula is C45H58N4O9. The smallest absolute Gasteiger partial charge is 0.269 e.